The molecule has 1 unspecified atom stereocenters. The van der Waals surface area contributed by atoms with Crippen LogP contribution in [0.3, 0.4) is 0 Å². The minimum atomic E-state index is -0.300. The first kappa shape index (κ1) is 12.3. The Hall–Kier alpha value is -1.13. The topological polar surface area (TPSA) is 61.5 Å². The molecular formula is C13H19NO3. The van der Waals surface area contributed by atoms with Gasteiger partial charge in [0, 0.05) is 0 Å². The largest absolute Gasteiger partial charge is 0.466 e. The van der Waals surface area contributed by atoms with Gasteiger partial charge >= 0.3 is 5.97 Å². The molecule has 0 radical (unpaired) electrons. The van der Waals surface area contributed by atoms with Crippen LogP contribution in [0.5, 0.6) is 0 Å². The predicted molar refractivity (Wildman–Crippen MR) is 64.3 cm³/mol. The van der Waals surface area contributed by atoms with E-state index >= 15 is 0 Å². The van der Waals surface area contributed by atoms with Gasteiger partial charge in [-0.25, -0.2) is 0 Å². The van der Waals surface area contributed by atoms with Crippen molar-refractivity contribution in [2.75, 3.05) is 19.8 Å². The van der Waals surface area contributed by atoms with Crippen molar-refractivity contribution in [3.8, 4) is 0 Å². The normalized spacial score (nSPS) is 26.0. The van der Waals surface area contributed by atoms with Gasteiger partial charge in [-0.3, -0.25) is 4.79 Å². The van der Waals surface area contributed by atoms with Gasteiger partial charge in [0.1, 0.15) is 0 Å². The molecule has 1 atom stereocenters. The summed E-state index contributed by atoms with van der Waals surface area (Å²) in [5.74, 6) is 0.107. The van der Waals surface area contributed by atoms with Gasteiger partial charge in [0.05, 0.1) is 31.8 Å². The summed E-state index contributed by atoms with van der Waals surface area (Å²) in [6, 6.07) is 0. The highest BCUT2D eigenvalue weighted by atomic mass is 16.5. The van der Waals surface area contributed by atoms with Gasteiger partial charge in [-0.15, -0.1) is 0 Å². The zero-order valence-electron chi connectivity index (χ0n) is 10.1. The van der Waals surface area contributed by atoms with Gasteiger partial charge in [0.2, 0.25) is 0 Å². The number of nitrogens with two attached hydrogens (primary N) is 1. The smallest absolute Gasteiger partial charge is 0.306 e. The molecule has 2 N–H and O–H groups in total. The Morgan fingerprint density at radius 2 is 2.41 bits per heavy atom. The highest BCUT2D eigenvalue weighted by molar-refractivity contribution is 5.70. The quantitative estimate of drug-likeness (QED) is 0.746. The Morgan fingerprint density at radius 3 is 2.88 bits per heavy atom. The van der Waals surface area contributed by atoms with E-state index in [0.717, 1.165) is 12.0 Å². The van der Waals surface area contributed by atoms with E-state index < -0.39 is 0 Å². The number of esters is 1. The number of allylic oxidation sites excluding steroid dienone is 2. The third-order valence-corrected chi connectivity index (χ3v) is 3.22. The maximum Gasteiger partial charge on any atom is 0.306 e. The molecule has 17 heavy (non-hydrogen) atoms. The summed E-state index contributed by atoms with van der Waals surface area (Å²) in [4.78, 5) is 11.3. The number of carbonyl (C=O) groups is 1. The zero-order valence-corrected chi connectivity index (χ0v) is 10.1. The summed E-state index contributed by atoms with van der Waals surface area (Å²) in [5, 5.41) is 0. The van der Waals surface area contributed by atoms with Crippen LogP contribution in [0.25, 0.3) is 0 Å². The van der Waals surface area contributed by atoms with Crippen molar-refractivity contribution in [2.24, 2.45) is 11.7 Å². The molecule has 1 heterocycles. The van der Waals surface area contributed by atoms with Crippen molar-refractivity contribution in [3.05, 3.63) is 23.8 Å². The monoisotopic (exact) mass is 237 g/mol. The number of carbonyl (C=O) groups excluding carboxylic acids is 1. The van der Waals surface area contributed by atoms with Crippen LogP contribution < -0.4 is 5.73 Å². The summed E-state index contributed by atoms with van der Waals surface area (Å²) in [6.45, 7) is 3.44. The lowest BCUT2D eigenvalue weighted by atomic mass is 9.82. The number of hydrogen-bond donors (Lipinski definition) is 1. The van der Waals surface area contributed by atoms with E-state index in [1.807, 2.05) is 13.0 Å². The average molecular weight is 237 g/mol. The molecule has 4 nitrogen and oxygen atoms in total. The van der Waals surface area contributed by atoms with Crippen LogP contribution in [0.15, 0.2) is 23.8 Å². The molecule has 0 aromatic carbocycles. The maximum absolute atomic E-state index is 11.3. The summed E-state index contributed by atoms with van der Waals surface area (Å²) in [5.41, 5.74) is 6.96. The molecule has 2 aliphatic rings. The van der Waals surface area contributed by atoms with Gasteiger partial charge in [-0.2, -0.15) is 0 Å². The molecule has 0 aromatic heterocycles. The molecule has 0 aromatic rings. The fourth-order valence-electron chi connectivity index (χ4n) is 2.11. The third kappa shape index (κ3) is 2.76. The molecule has 0 spiro atoms. The van der Waals surface area contributed by atoms with E-state index in [0.29, 0.717) is 26.2 Å². The highest BCUT2D eigenvalue weighted by Gasteiger charge is 2.37. The lowest BCUT2D eigenvalue weighted by molar-refractivity contribution is -0.143. The van der Waals surface area contributed by atoms with Gasteiger partial charge < -0.3 is 15.2 Å². The first-order valence-electron chi connectivity index (χ1n) is 6.05. The summed E-state index contributed by atoms with van der Waals surface area (Å²) < 4.78 is 10.1. The standard InChI is InChI=1S/C13H19NO3/c1-2-17-12(15)7-10-3-5-11(6-4-10)13(14)8-16-9-13/h3,5-6,10H,2,4,7-9,14H2,1H3. The highest BCUT2D eigenvalue weighted by Crippen LogP contribution is 2.29. The van der Waals surface area contributed by atoms with Crippen LogP contribution in [0.1, 0.15) is 19.8 Å². The Kier molecular flexibility index (Phi) is 3.64. The van der Waals surface area contributed by atoms with E-state index in [1.54, 1.807) is 0 Å². The molecule has 1 aliphatic carbocycles. The first-order valence-corrected chi connectivity index (χ1v) is 6.05. The van der Waals surface area contributed by atoms with Crippen LogP contribution >= 0.6 is 0 Å². The van der Waals surface area contributed by atoms with Gasteiger partial charge in [-0.1, -0.05) is 18.2 Å². The molecule has 4 heteroatoms. The summed E-state index contributed by atoms with van der Waals surface area (Å²) >= 11 is 0. The third-order valence-electron chi connectivity index (χ3n) is 3.22. The van der Waals surface area contributed by atoms with E-state index in [9.17, 15) is 4.79 Å². The van der Waals surface area contributed by atoms with Crippen molar-refractivity contribution in [1.29, 1.82) is 0 Å². The van der Waals surface area contributed by atoms with Crippen LogP contribution in [-0.2, 0) is 14.3 Å². The Bertz CT molecular complexity index is 356. The molecule has 1 saturated heterocycles. The number of rotatable bonds is 4. The minimum Gasteiger partial charge on any atom is -0.466 e. The van der Waals surface area contributed by atoms with Crippen molar-refractivity contribution in [2.45, 2.75) is 25.3 Å². The first-order chi connectivity index (χ1) is 8.14. The van der Waals surface area contributed by atoms with E-state index in [4.69, 9.17) is 15.2 Å². The molecule has 0 saturated carbocycles. The lowest BCUT2D eigenvalue weighted by Crippen LogP contribution is -2.58. The second kappa shape index (κ2) is 5.02. The SMILES string of the molecule is CCOC(=O)CC1C=CC(C2(N)COC2)=CC1. The average Bonchev–Trinajstić information content (AvgIpc) is 2.27. The molecule has 1 aliphatic heterocycles. The van der Waals surface area contributed by atoms with Crippen LogP contribution in [0.2, 0.25) is 0 Å². The Labute approximate surface area is 101 Å². The zero-order chi connectivity index (χ0) is 12.3. The second-order valence-corrected chi connectivity index (χ2v) is 4.67. The maximum atomic E-state index is 11.3. The fourth-order valence-corrected chi connectivity index (χ4v) is 2.11. The van der Waals surface area contributed by atoms with E-state index in [1.165, 1.54) is 0 Å². The van der Waals surface area contributed by atoms with Gasteiger partial charge in [0.25, 0.3) is 0 Å². The Morgan fingerprint density at radius 1 is 1.65 bits per heavy atom. The summed E-state index contributed by atoms with van der Waals surface area (Å²) in [6.07, 6.45) is 7.49. The van der Waals surface area contributed by atoms with Crippen LogP contribution in [-0.4, -0.2) is 31.3 Å². The molecule has 94 valence electrons. The molecule has 0 bridgehead atoms. The van der Waals surface area contributed by atoms with E-state index in [-0.39, 0.29) is 17.4 Å². The second-order valence-electron chi connectivity index (χ2n) is 4.67. The molecule has 0 amide bonds. The van der Waals surface area contributed by atoms with Crippen molar-refractivity contribution in [1.82, 2.24) is 0 Å². The van der Waals surface area contributed by atoms with E-state index in [2.05, 4.69) is 12.2 Å². The molecule has 2 rings (SSSR count). The Balaban J connectivity index is 1.85. The van der Waals surface area contributed by atoms with Crippen molar-refractivity contribution >= 4 is 5.97 Å². The minimum absolute atomic E-state index is 0.131. The van der Waals surface area contributed by atoms with Crippen molar-refractivity contribution in [3.63, 3.8) is 0 Å². The van der Waals surface area contributed by atoms with Crippen molar-refractivity contribution < 1.29 is 14.3 Å². The van der Waals surface area contributed by atoms with Crippen LogP contribution in [0, 0.1) is 5.92 Å². The summed E-state index contributed by atoms with van der Waals surface area (Å²) in [7, 11) is 0. The van der Waals surface area contributed by atoms with Gasteiger partial charge in [0.15, 0.2) is 0 Å². The fraction of sp³-hybridized carbons (Fsp3) is 0.615. The molecular weight excluding hydrogens is 218 g/mol. The number of hydrogen-bond acceptors (Lipinski definition) is 4. The predicted octanol–water partition coefficient (Wildman–Crippen LogP) is 1.17. The molecule has 1 fully saturated rings. The lowest BCUT2D eigenvalue weighted by Gasteiger charge is -2.40. The van der Waals surface area contributed by atoms with Crippen LogP contribution in [0.4, 0.5) is 0 Å². The van der Waals surface area contributed by atoms with Gasteiger partial charge in [-0.05, 0) is 24.8 Å². The number of ether oxygens (including phenoxy) is 2.